The average Bonchev–Trinajstić information content (AvgIpc) is 2.33. The largest absolute Gasteiger partial charge is 0.296 e. The molecule has 0 N–H and O–H groups in total. The Morgan fingerprint density at radius 1 is 1.12 bits per heavy atom. The quantitative estimate of drug-likeness (QED) is 0.515. The van der Waals surface area contributed by atoms with Crippen molar-refractivity contribution in [1.82, 2.24) is 9.21 Å². The lowest BCUT2D eigenvalue weighted by atomic mass is 10.2. The number of halogens is 1. The van der Waals surface area contributed by atoms with Crippen molar-refractivity contribution in [3.8, 4) is 0 Å². The van der Waals surface area contributed by atoms with Crippen LogP contribution in [0.4, 0.5) is 0 Å². The monoisotopic (exact) mass is 274 g/mol. The zero-order chi connectivity index (χ0) is 11.4. The molecule has 16 heavy (non-hydrogen) atoms. The minimum absolute atomic E-state index is 0.806. The minimum atomic E-state index is 0.806. The van der Waals surface area contributed by atoms with Gasteiger partial charge in [-0.2, -0.15) is 0 Å². The third-order valence-corrected chi connectivity index (χ3v) is 4.31. The lowest BCUT2D eigenvalue weighted by Gasteiger charge is -2.32. The molecule has 2 nitrogen and oxygen atoms in total. The number of benzene rings is 1. The van der Waals surface area contributed by atoms with Gasteiger partial charge in [-0.25, -0.2) is 4.31 Å². The second-order valence-corrected chi connectivity index (χ2v) is 5.52. The van der Waals surface area contributed by atoms with E-state index in [4.69, 9.17) is 11.6 Å². The molecule has 0 spiro atoms. The van der Waals surface area contributed by atoms with Crippen LogP contribution in [0.1, 0.15) is 5.56 Å². The molecule has 1 aliphatic heterocycles. The lowest BCUT2D eigenvalue weighted by molar-refractivity contribution is 0.190. The molecular formula is C11H15ClN2S2. The molecule has 1 aliphatic rings. The van der Waals surface area contributed by atoms with E-state index in [2.05, 4.69) is 33.0 Å². The maximum absolute atomic E-state index is 5.86. The molecule has 88 valence electrons. The fourth-order valence-electron chi connectivity index (χ4n) is 1.82. The van der Waals surface area contributed by atoms with Crippen molar-refractivity contribution in [2.24, 2.45) is 0 Å². The van der Waals surface area contributed by atoms with Crippen LogP contribution in [0.3, 0.4) is 0 Å². The Bertz CT molecular complexity index is 323. The normalized spacial score (nSPS) is 18.9. The number of hydrogen-bond acceptors (Lipinski definition) is 4. The molecule has 0 aromatic heterocycles. The molecule has 0 bridgehead atoms. The van der Waals surface area contributed by atoms with Gasteiger partial charge in [-0.3, -0.25) is 4.90 Å². The molecule has 1 fully saturated rings. The zero-order valence-electron chi connectivity index (χ0n) is 8.97. The van der Waals surface area contributed by atoms with Crippen LogP contribution in [-0.2, 0) is 6.54 Å². The van der Waals surface area contributed by atoms with E-state index in [1.54, 1.807) is 0 Å². The summed E-state index contributed by atoms with van der Waals surface area (Å²) in [5, 5.41) is 0.806. The molecule has 1 aromatic carbocycles. The van der Waals surface area contributed by atoms with E-state index < -0.39 is 0 Å². The molecule has 1 saturated heterocycles. The van der Waals surface area contributed by atoms with Crippen LogP contribution >= 0.6 is 34.2 Å². The molecule has 0 amide bonds. The Morgan fingerprint density at radius 3 is 2.31 bits per heavy atom. The third kappa shape index (κ3) is 3.57. The van der Waals surface area contributed by atoms with E-state index >= 15 is 0 Å². The number of nitrogens with zero attached hydrogens (tertiary/aromatic N) is 2. The van der Waals surface area contributed by atoms with Crippen LogP contribution in [0.15, 0.2) is 24.3 Å². The second kappa shape index (κ2) is 6.17. The highest BCUT2D eigenvalue weighted by atomic mass is 35.5. The Labute approximate surface area is 111 Å². The van der Waals surface area contributed by atoms with Crippen molar-refractivity contribution >= 4 is 34.2 Å². The van der Waals surface area contributed by atoms with Gasteiger partial charge in [0.1, 0.15) is 0 Å². The molecule has 0 aliphatic carbocycles. The van der Waals surface area contributed by atoms with Gasteiger partial charge in [0, 0.05) is 37.7 Å². The SMILES string of the molecule is SSN1CCN(Cc2ccc(Cl)cc2)CC1. The first-order valence-electron chi connectivity index (χ1n) is 5.31. The van der Waals surface area contributed by atoms with Gasteiger partial charge in [0.05, 0.1) is 0 Å². The Morgan fingerprint density at radius 2 is 1.75 bits per heavy atom. The van der Waals surface area contributed by atoms with Crippen molar-refractivity contribution < 1.29 is 0 Å². The van der Waals surface area contributed by atoms with Crippen LogP contribution in [0, 0.1) is 0 Å². The molecule has 1 heterocycles. The molecular weight excluding hydrogens is 260 g/mol. The Kier molecular flexibility index (Phi) is 4.85. The summed E-state index contributed by atoms with van der Waals surface area (Å²) >= 11 is 10.1. The summed E-state index contributed by atoms with van der Waals surface area (Å²) < 4.78 is 2.28. The molecule has 1 aromatic rings. The highest BCUT2D eigenvalue weighted by Crippen LogP contribution is 2.18. The van der Waals surface area contributed by atoms with E-state index in [1.165, 1.54) is 16.5 Å². The Hall–Kier alpha value is 0.130. The first kappa shape index (κ1) is 12.6. The smallest absolute Gasteiger partial charge is 0.0406 e. The van der Waals surface area contributed by atoms with Crippen molar-refractivity contribution in [2.75, 3.05) is 26.2 Å². The van der Waals surface area contributed by atoms with Gasteiger partial charge in [0.25, 0.3) is 0 Å². The lowest BCUT2D eigenvalue weighted by Crippen LogP contribution is -2.42. The summed E-state index contributed by atoms with van der Waals surface area (Å²) in [6, 6.07) is 8.11. The number of rotatable bonds is 3. The standard InChI is InChI=1S/C11H15ClN2S2/c12-11-3-1-10(2-4-11)9-13-5-7-14(16-15)8-6-13/h1-4,15H,5-9H2. The molecule has 5 heteroatoms. The maximum Gasteiger partial charge on any atom is 0.0406 e. The fraction of sp³-hybridized carbons (Fsp3) is 0.455. The van der Waals surface area contributed by atoms with Crippen molar-refractivity contribution in [3.63, 3.8) is 0 Å². The minimum Gasteiger partial charge on any atom is -0.296 e. The van der Waals surface area contributed by atoms with E-state index in [0.29, 0.717) is 0 Å². The molecule has 0 saturated carbocycles. The highest BCUT2D eigenvalue weighted by Gasteiger charge is 2.16. The van der Waals surface area contributed by atoms with Crippen LogP contribution in [0.2, 0.25) is 5.02 Å². The topological polar surface area (TPSA) is 6.48 Å². The van der Waals surface area contributed by atoms with Crippen LogP contribution < -0.4 is 0 Å². The predicted molar refractivity (Wildman–Crippen MR) is 74.9 cm³/mol. The van der Waals surface area contributed by atoms with Crippen LogP contribution in [-0.4, -0.2) is 35.4 Å². The molecule has 0 unspecified atom stereocenters. The van der Waals surface area contributed by atoms with Gasteiger partial charge in [-0.1, -0.05) is 35.4 Å². The molecule has 0 atom stereocenters. The summed E-state index contributed by atoms with van der Waals surface area (Å²) in [4.78, 5) is 2.46. The molecule has 2 rings (SSSR count). The van der Waals surface area contributed by atoms with Gasteiger partial charge in [0.2, 0.25) is 0 Å². The van der Waals surface area contributed by atoms with E-state index in [9.17, 15) is 0 Å². The first-order valence-corrected chi connectivity index (χ1v) is 7.51. The van der Waals surface area contributed by atoms with E-state index in [-0.39, 0.29) is 0 Å². The van der Waals surface area contributed by atoms with E-state index in [0.717, 1.165) is 37.7 Å². The average molecular weight is 275 g/mol. The second-order valence-electron chi connectivity index (χ2n) is 3.91. The van der Waals surface area contributed by atoms with Crippen molar-refractivity contribution in [2.45, 2.75) is 6.54 Å². The highest BCUT2D eigenvalue weighted by molar-refractivity contribution is 8.67. The van der Waals surface area contributed by atoms with Gasteiger partial charge in [-0.05, 0) is 28.7 Å². The summed E-state index contributed by atoms with van der Waals surface area (Å²) in [5.74, 6) is 0. The fourth-order valence-corrected chi connectivity index (χ4v) is 2.76. The summed E-state index contributed by atoms with van der Waals surface area (Å²) in [6.45, 7) is 5.40. The van der Waals surface area contributed by atoms with Gasteiger partial charge >= 0.3 is 0 Å². The summed E-state index contributed by atoms with van der Waals surface area (Å²) in [5.41, 5.74) is 1.33. The van der Waals surface area contributed by atoms with Gasteiger partial charge in [0.15, 0.2) is 0 Å². The maximum atomic E-state index is 5.86. The van der Waals surface area contributed by atoms with Gasteiger partial charge < -0.3 is 0 Å². The van der Waals surface area contributed by atoms with Crippen LogP contribution in [0.5, 0.6) is 0 Å². The summed E-state index contributed by atoms with van der Waals surface area (Å²) in [6.07, 6.45) is 0. The van der Waals surface area contributed by atoms with Crippen molar-refractivity contribution in [1.29, 1.82) is 0 Å². The molecule has 0 radical (unpaired) electrons. The Balaban J connectivity index is 1.84. The van der Waals surface area contributed by atoms with Crippen LogP contribution in [0.25, 0.3) is 0 Å². The van der Waals surface area contributed by atoms with Crippen molar-refractivity contribution in [3.05, 3.63) is 34.9 Å². The first-order chi connectivity index (χ1) is 7.78. The number of piperazine rings is 1. The zero-order valence-corrected chi connectivity index (χ0v) is 11.4. The predicted octanol–water partition coefficient (Wildman–Crippen LogP) is 2.95. The number of hydrogen-bond donors (Lipinski definition) is 1. The number of thiol groups is 1. The van der Waals surface area contributed by atoms with E-state index in [1.807, 2.05) is 12.1 Å². The van der Waals surface area contributed by atoms with Gasteiger partial charge in [-0.15, -0.1) is 0 Å². The summed E-state index contributed by atoms with van der Waals surface area (Å²) in [7, 11) is 1.54. The third-order valence-electron chi connectivity index (χ3n) is 2.77.